The number of benzene rings is 1. The van der Waals surface area contributed by atoms with Crippen molar-refractivity contribution in [1.29, 1.82) is 0 Å². The van der Waals surface area contributed by atoms with Gasteiger partial charge >= 0.3 is 0 Å². The minimum Gasteiger partial charge on any atom is -0.383 e. The number of hydrogen-bond acceptors (Lipinski definition) is 1. The van der Waals surface area contributed by atoms with Crippen LogP contribution in [0.3, 0.4) is 0 Å². The third-order valence-electron chi connectivity index (χ3n) is 3.43. The first-order valence-corrected chi connectivity index (χ1v) is 7.61. The van der Waals surface area contributed by atoms with Gasteiger partial charge in [-0.05, 0) is 43.9 Å². The molecule has 0 radical (unpaired) electrons. The molecule has 102 valence electrons. The van der Waals surface area contributed by atoms with Gasteiger partial charge in [0.1, 0.15) is 0 Å². The van der Waals surface area contributed by atoms with E-state index in [-0.39, 0.29) is 0 Å². The second kappa shape index (κ2) is 9.02. The summed E-state index contributed by atoms with van der Waals surface area (Å²) in [4.78, 5) is 0. The Kier molecular flexibility index (Phi) is 7.55. The molecule has 0 bridgehead atoms. The molecule has 1 heteroatoms. The van der Waals surface area contributed by atoms with Gasteiger partial charge in [-0.2, -0.15) is 0 Å². The highest BCUT2D eigenvalue weighted by Crippen LogP contribution is 2.14. The number of anilines is 1. The molecule has 18 heavy (non-hydrogen) atoms. The molecular formula is C17H29N. The first-order chi connectivity index (χ1) is 8.76. The van der Waals surface area contributed by atoms with Crippen molar-refractivity contribution in [2.75, 3.05) is 5.32 Å². The Hall–Kier alpha value is -0.980. The maximum atomic E-state index is 3.58. The quantitative estimate of drug-likeness (QED) is 0.575. The van der Waals surface area contributed by atoms with E-state index in [2.05, 4.69) is 50.4 Å². The summed E-state index contributed by atoms with van der Waals surface area (Å²) in [6, 6.07) is 9.55. The second-order valence-electron chi connectivity index (χ2n) is 5.34. The normalized spacial score (nSPS) is 12.4. The van der Waals surface area contributed by atoms with Crippen LogP contribution in [0, 0.1) is 0 Å². The Labute approximate surface area is 113 Å². The predicted molar refractivity (Wildman–Crippen MR) is 82.3 cm³/mol. The zero-order valence-corrected chi connectivity index (χ0v) is 12.3. The maximum Gasteiger partial charge on any atom is 0.0342 e. The molecule has 0 heterocycles. The van der Waals surface area contributed by atoms with Crippen LogP contribution in [0.5, 0.6) is 0 Å². The van der Waals surface area contributed by atoms with Crippen molar-refractivity contribution < 1.29 is 0 Å². The van der Waals surface area contributed by atoms with Crippen molar-refractivity contribution in [3.63, 3.8) is 0 Å². The van der Waals surface area contributed by atoms with E-state index in [1.165, 1.54) is 56.2 Å². The topological polar surface area (TPSA) is 12.0 Å². The Morgan fingerprint density at radius 3 is 2.22 bits per heavy atom. The average Bonchev–Trinajstić information content (AvgIpc) is 2.38. The molecule has 0 aromatic heterocycles. The summed E-state index contributed by atoms with van der Waals surface area (Å²) < 4.78 is 0. The fourth-order valence-electron chi connectivity index (χ4n) is 2.21. The lowest BCUT2D eigenvalue weighted by atomic mass is 10.1. The highest BCUT2D eigenvalue weighted by atomic mass is 14.9. The van der Waals surface area contributed by atoms with Gasteiger partial charge in [0, 0.05) is 11.7 Å². The molecular weight excluding hydrogens is 218 g/mol. The zero-order valence-electron chi connectivity index (χ0n) is 12.3. The van der Waals surface area contributed by atoms with E-state index in [0.29, 0.717) is 6.04 Å². The van der Waals surface area contributed by atoms with E-state index >= 15 is 0 Å². The summed E-state index contributed by atoms with van der Waals surface area (Å²) in [7, 11) is 0. The predicted octanol–water partition coefficient (Wildman–Crippen LogP) is 5.41. The highest BCUT2D eigenvalue weighted by Gasteiger charge is 2.01. The summed E-state index contributed by atoms with van der Waals surface area (Å²) in [5, 5.41) is 3.58. The molecule has 0 aliphatic heterocycles. The molecule has 0 saturated heterocycles. The van der Waals surface area contributed by atoms with E-state index in [4.69, 9.17) is 0 Å². The van der Waals surface area contributed by atoms with Crippen LogP contribution >= 0.6 is 0 Å². The molecule has 1 aromatic carbocycles. The number of rotatable bonds is 9. The summed E-state index contributed by atoms with van der Waals surface area (Å²) >= 11 is 0. The lowest BCUT2D eigenvalue weighted by Crippen LogP contribution is -2.14. The molecule has 0 aliphatic rings. The van der Waals surface area contributed by atoms with E-state index in [9.17, 15) is 0 Å². The Morgan fingerprint density at radius 1 is 0.944 bits per heavy atom. The molecule has 1 atom stereocenters. The van der Waals surface area contributed by atoms with Crippen LogP contribution in [0.4, 0.5) is 5.69 Å². The Bertz CT molecular complexity index is 302. The Morgan fingerprint density at radius 2 is 1.61 bits per heavy atom. The molecule has 1 aromatic rings. The molecule has 1 nitrogen and oxygen atoms in total. The van der Waals surface area contributed by atoms with Gasteiger partial charge in [-0.1, -0.05) is 51.7 Å². The van der Waals surface area contributed by atoms with Crippen LogP contribution in [0.1, 0.15) is 64.9 Å². The number of nitrogens with one attached hydrogen (secondary N) is 1. The van der Waals surface area contributed by atoms with Crippen molar-refractivity contribution in [3.8, 4) is 0 Å². The van der Waals surface area contributed by atoms with Crippen LogP contribution in [0.15, 0.2) is 24.3 Å². The van der Waals surface area contributed by atoms with Gasteiger partial charge in [0.05, 0.1) is 0 Å². The van der Waals surface area contributed by atoms with Gasteiger partial charge < -0.3 is 5.32 Å². The van der Waals surface area contributed by atoms with Crippen molar-refractivity contribution >= 4 is 5.69 Å². The lowest BCUT2D eigenvalue weighted by molar-refractivity contribution is 0.615. The van der Waals surface area contributed by atoms with Gasteiger partial charge in [-0.15, -0.1) is 0 Å². The van der Waals surface area contributed by atoms with Crippen molar-refractivity contribution in [2.45, 2.75) is 71.8 Å². The van der Waals surface area contributed by atoms with Crippen LogP contribution in [-0.2, 0) is 6.42 Å². The second-order valence-corrected chi connectivity index (χ2v) is 5.34. The molecule has 0 saturated carbocycles. The van der Waals surface area contributed by atoms with Gasteiger partial charge in [0.25, 0.3) is 0 Å². The van der Waals surface area contributed by atoms with Crippen LogP contribution < -0.4 is 5.32 Å². The monoisotopic (exact) mass is 247 g/mol. The molecule has 0 aliphatic carbocycles. The van der Waals surface area contributed by atoms with Crippen molar-refractivity contribution in [2.24, 2.45) is 0 Å². The third-order valence-corrected chi connectivity index (χ3v) is 3.43. The first-order valence-electron chi connectivity index (χ1n) is 7.61. The Balaban J connectivity index is 2.33. The van der Waals surface area contributed by atoms with Crippen LogP contribution in [0.2, 0.25) is 0 Å². The smallest absolute Gasteiger partial charge is 0.0342 e. The summed E-state index contributed by atoms with van der Waals surface area (Å²) in [5.41, 5.74) is 2.72. The number of hydrogen-bond donors (Lipinski definition) is 1. The van der Waals surface area contributed by atoms with E-state index < -0.39 is 0 Å². The minimum absolute atomic E-state index is 0.582. The molecule has 1 N–H and O–H groups in total. The zero-order chi connectivity index (χ0) is 13.2. The number of unbranched alkanes of at least 4 members (excludes halogenated alkanes) is 3. The first kappa shape index (κ1) is 15.1. The molecule has 0 spiro atoms. The van der Waals surface area contributed by atoms with Crippen molar-refractivity contribution in [3.05, 3.63) is 29.8 Å². The largest absolute Gasteiger partial charge is 0.383 e. The third kappa shape index (κ3) is 6.09. The van der Waals surface area contributed by atoms with E-state index in [1.807, 2.05) is 0 Å². The number of aryl methyl sites for hydroxylation is 1. The average molecular weight is 247 g/mol. The van der Waals surface area contributed by atoms with Crippen LogP contribution in [-0.4, -0.2) is 6.04 Å². The lowest BCUT2D eigenvalue weighted by Gasteiger charge is -2.15. The summed E-state index contributed by atoms with van der Waals surface area (Å²) in [6.07, 6.45) is 9.03. The highest BCUT2D eigenvalue weighted by molar-refractivity contribution is 5.45. The summed E-state index contributed by atoms with van der Waals surface area (Å²) in [5.74, 6) is 0. The fourth-order valence-corrected chi connectivity index (χ4v) is 2.21. The molecule has 1 unspecified atom stereocenters. The summed E-state index contributed by atoms with van der Waals surface area (Å²) in [6.45, 7) is 6.78. The maximum absolute atomic E-state index is 3.58. The SMILES string of the molecule is CCCCCC(C)Nc1ccc(CCCC)cc1. The van der Waals surface area contributed by atoms with Gasteiger partial charge in [-0.3, -0.25) is 0 Å². The van der Waals surface area contributed by atoms with E-state index in [1.54, 1.807) is 0 Å². The molecule has 1 rings (SSSR count). The molecule has 0 amide bonds. The van der Waals surface area contributed by atoms with Crippen molar-refractivity contribution in [1.82, 2.24) is 0 Å². The van der Waals surface area contributed by atoms with Gasteiger partial charge in [-0.25, -0.2) is 0 Å². The fraction of sp³-hybridized carbons (Fsp3) is 0.647. The van der Waals surface area contributed by atoms with Gasteiger partial charge in [0.15, 0.2) is 0 Å². The molecule has 0 fully saturated rings. The van der Waals surface area contributed by atoms with E-state index in [0.717, 1.165) is 0 Å². The standard InChI is InChI=1S/C17H29N/c1-4-6-8-9-15(3)18-17-13-11-16(12-14-17)10-7-5-2/h11-15,18H,4-10H2,1-3H3. The minimum atomic E-state index is 0.582. The van der Waals surface area contributed by atoms with Crippen LogP contribution in [0.25, 0.3) is 0 Å². The van der Waals surface area contributed by atoms with Gasteiger partial charge in [0.2, 0.25) is 0 Å².